The quantitative estimate of drug-likeness (QED) is 0.705. The molecule has 4 nitrogen and oxygen atoms in total. The summed E-state index contributed by atoms with van der Waals surface area (Å²) in [6.07, 6.45) is -0.582. The van der Waals surface area contributed by atoms with E-state index in [9.17, 15) is 9.18 Å². The molecule has 0 aliphatic carbocycles. The van der Waals surface area contributed by atoms with Gasteiger partial charge in [0.1, 0.15) is 5.82 Å². The van der Waals surface area contributed by atoms with Crippen LogP contribution in [0.25, 0.3) is 0 Å². The number of carboxylic acid groups (broad SMARTS) is 1. The van der Waals surface area contributed by atoms with Crippen molar-refractivity contribution in [3.8, 4) is 0 Å². The molecule has 0 fully saturated rings. The first-order valence-corrected chi connectivity index (χ1v) is 4.45. The van der Waals surface area contributed by atoms with Crippen LogP contribution in [-0.2, 0) is 0 Å². The van der Waals surface area contributed by atoms with Crippen molar-refractivity contribution in [2.45, 2.75) is 13.0 Å². The van der Waals surface area contributed by atoms with Crippen LogP contribution >= 0.6 is 0 Å². The standard InChI is InChI=1S/C10H12FNO3/c1-6(13)5-12-9-3-7(10(14)15)2-8(11)4-9/h2-4,6,12-13H,5H2,1H3,(H,14,15). The summed E-state index contributed by atoms with van der Waals surface area (Å²) >= 11 is 0. The summed E-state index contributed by atoms with van der Waals surface area (Å²) in [5.41, 5.74) is 0.219. The van der Waals surface area contributed by atoms with Gasteiger partial charge in [-0.1, -0.05) is 0 Å². The number of halogens is 1. The number of hydrogen-bond acceptors (Lipinski definition) is 3. The molecule has 0 spiro atoms. The fourth-order valence-electron chi connectivity index (χ4n) is 1.08. The molecule has 1 unspecified atom stereocenters. The molecule has 1 atom stereocenters. The Balaban J connectivity index is 2.84. The third-order valence-electron chi connectivity index (χ3n) is 1.75. The molecule has 82 valence electrons. The molecular formula is C10H12FNO3. The Bertz CT molecular complexity index is 366. The van der Waals surface area contributed by atoms with E-state index in [1.165, 1.54) is 12.1 Å². The number of carbonyl (C=O) groups is 1. The van der Waals surface area contributed by atoms with Gasteiger partial charge < -0.3 is 15.5 Å². The molecule has 1 aromatic carbocycles. The second kappa shape index (κ2) is 4.75. The number of nitrogens with one attached hydrogen (secondary N) is 1. The second-order valence-corrected chi connectivity index (χ2v) is 3.26. The molecule has 0 aromatic heterocycles. The maximum Gasteiger partial charge on any atom is 0.335 e. The summed E-state index contributed by atoms with van der Waals surface area (Å²) in [6.45, 7) is 1.81. The van der Waals surface area contributed by atoms with Crippen molar-refractivity contribution in [2.24, 2.45) is 0 Å². The first kappa shape index (κ1) is 11.5. The molecule has 3 N–H and O–H groups in total. The molecule has 0 aliphatic heterocycles. The fourth-order valence-corrected chi connectivity index (χ4v) is 1.08. The van der Waals surface area contributed by atoms with Crippen LogP contribution in [-0.4, -0.2) is 28.8 Å². The van der Waals surface area contributed by atoms with E-state index in [1.54, 1.807) is 6.92 Å². The van der Waals surface area contributed by atoms with Gasteiger partial charge in [-0.25, -0.2) is 9.18 Å². The van der Waals surface area contributed by atoms with Crippen molar-refractivity contribution in [2.75, 3.05) is 11.9 Å². The topological polar surface area (TPSA) is 69.6 Å². The number of anilines is 1. The van der Waals surface area contributed by atoms with Gasteiger partial charge in [-0.05, 0) is 25.1 Å². The van der Waals surface area contributed by atoms with Crippen LogP contribution in [0.3, 0.4) is 0 Å². The summed E-state index contributed by atoms with van der Waals surface area (Å²) in [5.74, 6) is -1.81. The largest absolute Gasteiger partial charge is 0.478 e. The van der Waals surface area contributed by atoms with Crippen LogP contribution in [0.5, 0.6) is 0 Å². The molecule has 0 saturated carbocycles. The molecule has 15 heavy (non-hydrogen) atoms. The normalized spacial score (nSPS) is 12.2. The van der Waals surface area contributed by atoms with E-state index in [4.69, 9.17) is 10.2 Å². The van der Waals surface area contributed by atoms with Gasteiger partial charge in [0.2, 0.25) is 0 Å². The number of carboxylic acids is 1. The highest BCUT2D eigenvalue weighted by Gasteiger charge is 2.07. The minimum atomic E-state index is -1.19. The van der Waals surface area contributed by atoms with Gasteiger partial charge in [-0.2, -0.15) is 0 Å². The molecule has 0 radical (unpaired) electrons. The first-order chi connectivity index (χ1) is 6.99. The summed E-state index contributed by atoms with van der Waals surface area (Å²) in [4.78, 5) is 10.6. The van der Waals surface area contributed by atoms with Crippen molar-refractivity contribution in [1.29, 1.82) is 0 Å². The molecule has 5 heteroatoms. The Kier molecular flexibility index (Phi) is 3.62. The minimum absolute atomic E-state index is 0.122. The summed E-state index contributed by atoms with van der Waals surface area (Å²) in [7, 11) is 0. The Labute approximate surface area is 86.4 Å². The predicted molar refractivity (Wildman–Crippen MR) is 53.5 cm³/mol. The summed E-state index contributed by atoms with van der Waals surface area (Å²) in [6, 6.07) is 3.43. The summed E-state index contributed by atoms with van der Waals surface area (Å²) < 4.78 is 12.9. The van der Waals surface area contributed by atoms with Crippen molar-refractivity contribution in [1.82, 2.24) is 0 Å². The SMILES string of the molecule is CC(O)CNc1cc(F)cc(C(=O)O)c1. The molecule has 0 saturated heterocycles. The van der Waals surface area contributed by atoms with Gasteiger partial charge in [0, 0.05) is 12.2 Å². The third kappa shape index (κ3) is 3.55. The van der Waals surface area contributed by atoms with Crippen LogP contribution < -0.4 is 5.32 Å². The molecular weight excluding hydrogens is 201 g/mol. The lowest BCUT2D eigenvalue weighted by molar-refractivity contribution is 0.0696. The number of aromatic carboxylic acids is 1. The van der Waals surface area contributed by atoms with Crippen molar-refractivity contribution < 1.29 is 19.4 Å². The average molecular weight is 213 g/mol. The lowest BCUT2D eigenvalue weighted by Crippen LogP contribution is -2.15. The molecule has 1 rings (SSSR count). The van der Waals surface area contributed by atoms with Gasteiger partial charge in [0.25, 0.3) is 0 Å². The van der Waals surface area contributed by atoms with E-state index in [0.29, 0.717) is 5.69 Å². The maximum absolute atomic E-state index is 12.9. The Morgan fingerprint density at radius 2 is 2.20 bits per heavy atom. The van der Waals surface area contributed by atoms with E-state index >= 15 is 0 Å². The van der Waals surface area contributed by atoms with Gasteiger partial charge in [-0.3, -0.25) is 0 Å². The van der Waals surface area contributed by atoms with Crippen LogP contribution in [0.4, 0.5) is 10.1 Å². The number of rotatable bonds is 4. The van der Waals surface area contributed by atoms with Crippen LogP contribution in [0.15, 0.2) is 18.2 Å². The highest BCUT2D eigenvalue weighted by atomic mass is 19.1. The number of hydrogen-bond donors (Lipinski definition) is 3. The average Bonchev–Trinajstić information content (AvgIpc) is 2.13. The highest BCUT2D eigenvalue weighted by molar-refractivity contribution is 5.88. The number of aliphatic hydroxyl groups excluding tert-OH is 1. The van der Waals surface area contributed by atoms with Gasteiger partial charge in [0.15, 0.2) is 0 Å². The summed E-state index contributed by atoms with van der Waals surface area (Å²) in [5, 5.41) is 20.4. The maximum atomic E-state index is 12.9. The molecule has 0 heterocycles. The predicted octanol–water partition coefficient (Wildman–Crippen LogP) is 1.32. The van der Waals surface area contributed by atoms with Crippen molar-refractivity contribution >= 4 is 11.7 Å². The third-order valence-corrected chi connectivity index (χ3v) is 1.75. The Hall–Kier alpha value is -1.62. The smallest absolute Gasteiger partial charge is 0.335 e. The first-order valence-electron chi connectivity index (χ1n) is 4.45. The van der Waals surface area contributed by atoms with E-state index in [0.717, 1.165) is 6.07 Å². The van der Waals surface area contributed by atoms with Gasteiger partial charge in [0.05, 0.1) is 11.7 Å². The Morgan fingerprint density at radius 3 is 2.73 bits per heavy atom. The highest BCUT2D eigenvalue weighted by Crippen LogP contribution is 2.14. The zero-order valence-corrected chi connectivity index (χ0v) is 8.20. The van der Waals surface area contributed by atoms with E-state index in [-0.39, 0.29) is 12.1 Å². The molecule has 0 bridgehead atoms. The van der Waals surface area contributed by atoms with Crippen LogP contribution in [0.2, 0.25) is 0 Å². The van der Waals surface area contributed by atoms with Crippen LogP contribution in [0.1, 0.15) is 17.3 Å². The zero-order chi connectivity index (χ0) is 11.4. The lowest BCUT2D eigenvalue weighted by Gasteiger charge is -2.09. The minimum Gasteiger partial charge on any atom is -0.478 e. The van der Waals surface area contributed by atoms with Crippen LogP contribution in [0, 0.1) is 5.82 Å². The van der Waals surface area contributed by atoms with Gasteiger partial charge >= 0.3 is 5.97 Å². The zero-order valence-electron chi connectivity index (χ0n) is 8.20. The second-order valence-electron chi connectivity index (χ2n) is 3.26. The van der Waals surface area contributed by atoms with Gasteiger partial charge in [-0.15, -0.1) is 0 Å². The number of aliphatic hydroxyl groups is 1. The van der Waals surface area contributed by atoms with Crippen molar-refractivity contribution in [3.05, 3.63) is 29.6 Å². The van der Waals surface area contributed by atoms with E-state index in [2.05, 4.69) is 5.32 Å². The molecule has 1 aromatic rings. The molecule has 0 aliphatic rings. The Morgan fingerprint density at radius 1 is 1.53 bits per heavy atom. The number of benzene rings is 1. The van der Waals surface area contributed by atoms with E-state index < -0.39 is 17.9 Å². The molecule has 0 amide bonds. The van der Waals surface area contributed by atoms with E-state index in [1.807, 2.05) is 0 Å². The van der Waals surface area contributed by atoms with Crippen molar-refractivity contribution in [3.63, 3.8) is 0 Å². The lowest BCUT2D eigenvalue weighted by atomic mass is 10.2. The monoisotopic (exact) mass is 213 g/mol. The fraction of sp³-hybridized carbons (Fsp3) is 0.300.